The molecule has 0 N–H and O–H groups in total. The van der Waals surface area contributed by atoms with Gasteiger partial charge in [-0.05, 0) is 88.5 Å². The Morgan fingerprint density at radius 3 is 1.68 bits per heavy atom. The molecule has 2 aromatic heterocycles. The number of thiophene rings is 2. The molecule has 47 heavy (non-hydrogen) atoms. The first kappa shape index (κ1) is 31.5. The Bertz CT molecular complexity index is 2060. The molecule has 0 aliphatic heterocycles. The van der Waals surface area contributed by atoms with Crippen LogP contribution in [0.3, 0.4) is 0 Å². The van der Waals surface area contributed by atoms with Gasteiger partial charge < -0.3 is 4.90 Å². The number of benzene rings is 4. The molecule has 0 amide bonds. The molecule has 3 heteroatoms. The van der Waals surface area contributed by atoms with E-state index in [0.717, 1.165) is 28.2 Å². The highest BCUT2D eigenvalue weighted by Crippen LogP contribution is 2.36. The second-order valence-corrected chi connectivity index (χ2v) is 13.1. The van der Waals surface area contributed by atoms with Crippen LogP contribution in [0.4, 0.5) is 5.69 Å². The largest absolute Gasteiger partial charge is 0.311 e. The second-order valence-electron chi connectivity index (χ2n) is 10.9. The first-order chi connectivity index (χ1) is 23.1. The molecule has 0 aliphatic rings. The van der Waals surface area contributed by atoms with Crippen LogP contribution in [-0.4, -0.2) is 0 Å². The van der Waals surface area contributed by atoms with E-state index in [4.69, 9.17) is 0 Å². The Balaban J connectivity index is 1.28. The van der Waals surface area contributed by atoms with Crippen LogP contribution in [0.1, 0.15) is 10.4 Å². The number of nitrogens with zero attached hydrogens (tertiary/aromatic N) is 1. The molecule has 2 heterocycles. The fourth-order valence-electron chi connectivity index (χ4n) is 5.20. The van der Waals surface area contributed by atoms with E-state index in [-0.39, 0.29) is 0 Å². The highest BCUT2D eigenvalue weighted by atomic mass is 32.1. The van der Waals surface area contributed by atoms with Gasteiger partial charge in [-0.25, -0.2) is 0 Å². The van der Waals surface area contributed by atoms with Crippen molar-refractivity contribution in [2.24, 2.45) is 0 Å². The SMILES string of the molecule is C=C/C(=C\C=C\c1ccc(-c2ccccc2)s1)N(C(=C)/C=C\C(=C)c1ccccc1)c1ccc(-c2ccc(-c3ccccc3)s2)cc1. The summed E-state index contributed by atoms with van der Waals surface area (Å²) >= 11 is 3.57. The molecule has 0 saturated carbocycles. The van der Waals surface area contributed by atoms with Crippen molar-refractivity contribution in [3.63, 3.8) is 0 Å². The summed E-state index contributed by atoms with van der Waals surface area (Å²) in [5.74, 6) is 0. The van der Waals surface area contributed by atoms with Gasteiger partial charge in [-0.1, -0.05) is 135 Å². The third-order valence-corrected chi connectivity index (χ3v) is 9.95. The van der Waals surface area contributed by atoms with Gasteiger partial charge in [-0.3, -0.25) is 0 Å². The standard InChI is InChI=1S/C44H35NS2/c1-4-39(21-14-22-41-29-30-42(46-41)36-17-10-6-11-18-36)45(34(3)24-23-33(2)35-15-8-5-9-16-35)40-27-25-38(26-28-40)44-32-31-43(47-44)37-19-12-7-13-20-37/h4-32H,1-3H2/b22-14+,24-23-,39-21+. The first-order valence-corrected chi connectivity index (χ1v) is 17.1. The average molecular weight is 642 g/mol. The Hall–Kier alpha value is -5.48. The predicted molar refractivity (Wildman–Crippen MR) is 208 cm³/mol. The molecule has 0 bridgehead atoms. The van der Waals surface area contributed by atoms with E-state index in [0.29, 0.717) is 0 Å². The van der Waals surface area contributed by atoms with Gasteiger partial charge in [0.25, 0.3) is 0 Å². The molecule has 0 unspecified atom stereocenters. The monoisotopic (exact) mass is 641 g/mol. The molecule has 6 rings (SSSR count). The summed E-state index contributed by atoms with van der Waals surface area (Å²) in [6, 6.07) is 48.6. The quantitative estimate of drug-likeness (QED) is 0.120. The van der Waals surface area contributed by atoms with Crippen LogP contribution in [0.15, 0.2) is 201 Å². The van der Waals surface area contributed by atoms with E-state index in [2.05, 4.69) is 158 Å². The van der Waals surface area contributed by atoms with Crippen molar-refractivity contribution in [3.05, 3.63) is 211 Å². The molecular weight excluding hydrogens is 607 g/mol. The molecule has 4 aromatic carbocycles. The minimum atomic E-state index is 0.805. The molecule has 1 nitrogen and oxygen atoms in total. The van der Waals surface area contributed by atoms with Gasteiger partial charge in [0, 0.05) is 36.6 Å². The number of hydrogen-bond donors (Lipinski definition) is 0. The Kier molecular flexibility index (Phi) is 10.2. The lowest BCUT2D eigenvalue weighted by atomic mass is 10.1. The Morgan fingerprint density at radius 2 is 1.09 bits per heavy atom. The number of allylic oxidation sites excluding steroid dienone is 6. The lowest BCUT2D eigenvalue weighted by molar-refractivity contribution is 1.15. The normalized spacial score (nSPS) is 11.6. The molecule has 0 aliphatic carbocycles. The topological polar surface area (TPSA) is 3.24 Å². The maximum absolute atomic E-state index is 4.48. The summed E-state index contributed by atoms with van der Waals surface area (Å²) < 4.78 is 0. The summed E-state index contributed by atoms with van der Waals surface area (Å²) in [6.07, 6.45) is 12.2. The summed E-state index contributed by atoms with van der Waals surface area (Å²) in [5.41, 5.74) is 8.35. The lowest BCUT2D eigenvalue weighted by Crippen LogP contribution is -2.19. The lowest BCUT2D eigenvalue weighted by Gasteiger charge is -2.26. The number of rotatable bonds is 12. The summed E-state index contributed by atoms with van der Waals surface area (Å²) in [4.78, 5) is 7.05. The maximum Gasteiger partial charge on any atom is 0.0461 e. The highest BCUT2D eigenvalue weighted by molar-refractivity contribution is 7.18. The van der Waals surface area contributed by atoms with Crippen molar-refractivity contribution in [1.82, 2.24) is 0 Å². The van der Waals surface area contributed by atoms with E-state index in [1.165, 1.54) is 36.2 Å². The van der Waals surface area contributed by atoms with Gasteiger partial charge >= 0.3 is 0 Å². The first-order valence-electron chi connectivity index (χ1n) is 15.4. The summed E-state index contributed by atoms with van der Waals surface area (Å²) in [7, 11) is 0. The van der Waals surface area contributed by atoms with Gasteiger partial charge in [0.2, 0.25) is 0 Å². The van der Waals surface area contributed by atoms with Gasteiger partial charge in [-0.15, -0.1) is 22.7 Å². The molecule has 0 saturated heterocycles. The third-order valence-electron chi connectivity index (χ3n) is 7.66. The molecule has 0 fully saturated rings. The number of anilines is 1. The molecular formula is C44H35NS2. The third kappa shape index (κ3) is 7.85. The number of hydrogen-bond acceptors (Lipinski definition) is 3. The fraction of sp³-hybridized carbons (Fsp3) is 0. The van der Waals surface area contributed by atoms with Crippen LogP contribution >= 0.6 is 22.7 Å². The maximum atomic E-state index is 4.48. The molecule has 0 atom stereocenters. The van der Waals surface area contributed by atoms with Crippen molar-refractivity contribution >= 4 is 40.0 Å². The van der Waals surface area contributed by atoms with E-state index in [1.54, 1.807) is 22.7 Å². The average Bonchev–Trinajstić information content (AvgIpc) is 3.82. The van der Waals surface area contributed by atoms with Crippen LogP contribution in [0, 0.1) is 0 Å². The zero-order valence-corrected chi connectivity index (χ0v) is 27.8. The van der Waals surface area contributed by atoms with Crippen LogP contribution in [0.5, 0.6) is 0 Å². The van der Waals surface area contributed by atoms with Crippen molar-refractivity contribution < 1.29 is 0 Å². The smallest absolute Gasteiger partial charge is 0.0461 e. The van der Waals surface area contributed by atoms with Crippen LogP contribution < -0.4 is 4.90 Å². The van der Waals surface area contributed by atoms with E-state index in [9.17, 15) is 0 Å². The van der Waals surface area contributed by atoms with Gasteiger partial charge in [-0.2, -0.15) is 0 Å². The predicted octanol–water partition coefficient (Wildman–Crippen LogP) is 13.2. The van der Waals surface area contributed by atoms with Crippen LogP contribution in [0.25, 0.3) is 43.0 Å². The van der Waals surface area contributed by atoms with Crippen molar-refractivity contribution in [2.75, 3.05) is 4.90 Å². The fourth-order valence-corrected chi connectivity index (χ4v) is 7.14. The summed E-state index contributed by atoms with van der Waals surface area (Å²) in [5, 5.41) is 0. The zero-order chi connectivity index (χ0) is 32.4. The molecule has 6 aromatic rings. The zero-order valence-electron chi connectivity index (χ0n) is 26.1. The molecule has 0 spiro atoms. The summed E-state index contributed by atoms with van der Waals surface area (Å²) in [6.45, 7) is 12.9. The van der Waals surface area contributed by atoms with E-state index >= 15 is 0 Å². The van der Waals surface area contributed by atoms with Crippen LogP contribution in [0.2, 0.25) is 0 Å². The molecule has 0 radical (unpaired) electrons. The van der Waals surface area contributed by atoms with Gasteiger partial charge in [0.1, 0.15) is 0 Å². The van der Waals surface area contributed by atoms with Crippen molar-refractivity contribution in [2.45, 2.75) is 0 Å². The molecule has 228 valence electrons. The minimum absolute atomic E-state index is 0.805. The van der Waals surface area contributed by atoms with Gasteiger partial charge in [0.05, 0.1) is 0 Å². The Labute approximate surface area is 286 Å². The van der Waals surface area contributed by atoms with E-state index < -0.39 is 0 Å². The Morgan fingerprint density at radius 1 is 0.553 bits per heavy atom. The van der Waals surface area contributed by atoms with E-state index in [1.807, 2.05) is 42.5 Å². The minimum Gasteiger partial charge on any atom is -0.311 e. The van der Waals surface area contributed by atoms with Crippen molar-refractivity contribution in [1.29, 1.82) is 0 Å². The second kappa shape index (κ2) is 15.2. The van der Waals surface area contributed by atoms with Crippen LogP contribution in [-0.2, 0) is 0 Å². The van der Waals surface area contributed by atoms with Gasteiger partial charge in [0.15, 0.2) is 0 Å². The highest BCUT2D eigenvalue weighted by Gasteiger charge is 2.13. The van der Waals surface area contributed by atoms with Crippen molar-refractivity contribution in [3.8, 4) is 31.3 Å².